The van der Waals surface area contributed by atoms with Crippen molar-refractivity contribution < 1.29 is 18.0 Å². The van der Waals surface area contributed by atoms with Crippen LogP contribution >= 0.6 is 0 Å². The van der Waals surface area contributed by atoms with Crippen LogP contribution in [0.3, 0.4) is 0 Å². The molecule has 0 saturated carbocycles. The van der Waals surface area contributed by atoms with Gasteiger partial charge in [0, 0.05) is 19.1 Å². The van der Waals surface area contributed by atoms with E-state index in [1.165, 1.54) is 6.07 Å². The van der Waals surface area contributed by atoms with Crippen LogP contribution in [0.4, 0.5) is 19.0 Å². The molecule has 1 aromatic rings. The zero-order valence-corrected chi connectivity index (χ0v) is 15.5. The highest BCUT2D eigenvalue weighted by Gasteiger charge is 2.47. The maximum absolute atomic E-state index is 13.1. The maximum atomic E-state index is 13.1. The molecule has 3 saturated heterocycles. The van der Waals surface area contributed by atoms with Crippen LogP contribution in [0, 0.1) is 28.7 Å². The number of aromatic nitrogens is 1. The molecule has 1 amide bonds. The summed E-state index contributed by atoms with van der Waals surface area (Å²) in [6.45, 7) is 0.631. The Morgan fingerprint density at radius 3 is 2.69 bits per heavy atom. The molecule has 29 heavy (non-hydrogen) atoms. The van der Waals surface area contributed by atoms with Crippen molar-refractivity contribution in [3.05, 3.63) is 23.4 Å². The quantitative estimate of drug-likeness (QED) is 0.775. The first kappa shape index (κ1) is 19.3. The van der Waals surface area contributed by atoms with E-state index in [4.69, 9.17) is 5.26 Å². The van der Waals surface area contributed by atoms with Gasteiger partial charge in [-0.2, -0.15) is 23.7 Å². The molecule has 152 valence electrons. The number of halogens is 3. The summed E-state index contributed by atoms with van der Waals surface area (Å²) >= 11 is 0. The van der Waals surface area contributed by atoms with Gasteiger partial charge in [-0.1, -0.05) is 0 Å². The number of carbonyl (C=O) groups excluding carboxylic acids is 1. The van der Waals surface area contributed by atoms with Crippen LogP contribution in [0.25, 0.3) is 0 Å². The molecule has 3 aliphatic rings. The summed E-state index contributed by atoms with van der Waals surface area (Å²) in [6, 6.07) is 3.93. The molecule has 1 aromatic heterocycles. The van der Waals surface area contributed by atoms with Crippen molar-refractivity contribution in [2.75, 3.05) is 18.0 Å². The second-order valence-electron chi connectivity index (χ2n) is 7.80. The molecule has 1 N–H and O–H groups in total. The molecular weight excluding hydrogens is 385 g/mol. The number of rotatable bonds is 3. The number of anilines is 1. The Morgan fingerprint density at radius 2 is 2.03 bits per heavy atom. The van der Waals surface area contributed by atoms with Gasteiger partial charge in [0.15, 0.2) is 6.19 Å². The van der Waals surface area contributed by atoms with E-state index >= 15 is 0 Å². The Labute approximate surface area is 165 Å². The molecule has 3 fully saturated rings. The number of nitrogens with zero attached hydrogens (tertiary/aromatic N) is 5. The van der Waals surface area contributed by atoms with Crippen LogP contribution in [0.15, 0.2) is 12.1 Å². The van der Waals surface area contributed by atoms with Crippen molar-refractivity contribution in [3.63, 3.8) is 0 Å². The molecule has 0 spiro atoms. The Kier molecular flexibility index (Phi) is 4.73. The van der Waals surface area contributed by atoms with E-state index in [0.717, 1.165) is 25.3 Å². The average molecular weight is 404 g/mol. The van der Waals surface area contributed by atoms with E-state index in [-0.39, 0.29) is 47.9 Å². The van der Waals surface area contributed by atoms with E-state index in [1.54, 1.807) is 15.9 Å². The fourth-order valence-electron chi connectivity index (χ4n) is 4.67. The van der Waals surface area contributed by atoms with Crippen LogP contribution in [-0.2, 0) is 11.0 Å². The largest absolute Gasteiger partial charge is 0.433 e. The Bertz CT molecular complexity index is 905. The van der Waals surface area contributed by atoms with E-state index < -0.39 is 11.9 Å². The highest BCUT2D eigenvalue weighted by atomic mass is 19.4. The van der Waals surface area contributed by atoms with Gasteiger partial charge < -0.3 is 15.1 Å². The lowest BCUT2D eigenvalue weighted by Gasteiger charge is -2.24. The Hall–Kier alpha value is -3.01. The van der Waals surface area contributed by atoms with Gasteiger partial charge in [0.2, 0.25) is 5.91 Å². The molecule has 2 bridgehead atoms. The van der Waals surface area contributed by atoms with E-state index in [2.05, 4.69) is 16.5 Å². The van der Waals surface area contributed by atoms with Crippen molar-refractivity contribution in [1.29, 1.82) is 10.5 Å². The lowest BCUT2D eigenvalue weighted by atomic mass is 9.95. The van der Waals surface area contributed by atoms with Gasteiger partial charge in [-0.15, -0.1) is 0 Å². The van der Waals surface area contributed by atoms with Crippen molar-refractivity contribution in [2.45, 2.75) is 50.0 Å². The number of carbonyl (C=O) groups is 1. The molecule has 0 radical (unpaired) electrons. The monoisotopic (exact) mass is 404 g/mol. The molecule has 0 aliphatic carbocycles. The lowest BCUT2D eigenvalue weighted by molar-refractivity contribution is -0.141. The minimum atomic E-state index is -4.65. The molecule has 10 heteroatoms. The van der Waals surface area contributed by atoms with Crippen LogP contribution in [-0.4, -0.2) is 47.0 Å². The molecule has 4 atom stereocenters. The number of nitriles is 2. The molecule has 4 heterocycles. The van der Waals surface area contributed by atoms with E-state index in [1.807, 2.05) is 0 Å². The number of alkyl halides is 3. The lowest BCUT2D eigenvalue weighted by Crippen LogP contribution is -2.46. The second kappa shape index (κ2) is 7.11. The summed E-state index contributed by atoms with van der Waals surface area (Å²) in [5.74, 6) is -0.454. The van der Waals surface area contributed by atoms with Crippen LogP contribution in [0.2, 0.25) is 0 Å². The van der Waals surface area contributed by atoms with Gasteiger partial charge in [-0.3, -0.25) is 4.79 Å². The predicted octanol–water partition coefficient (Wildman–Crippen LogP) is 2.00. The van der Waals surface area contributed by atoms with Gasteiger partial charge in [-0.05, 0) is 37.8 Å². The van der Waals surface area contributed by atoms with Gasteiger partial charge in [0.05, 0.1) is 29.6 Å². The first-order valence-corrected chi connectivity index (χ1v) is 9.53. The molecular formula is C19H19F3N6O. The summed E-state index contributed by atoms with van der Waals surface area (Å²) in [4.78, 5) is 19.7. The molecule has 4 rings (SSSR count). The van der Waals surface area contributed by atoms with E-state index in [0.29, 0.717) is 13.0 Å². The third kappa shape index (κ3) is 3.55. The van der Waals surface area contributed by atoms with Gasteiger partial charge in [0.25, 0.3) is 0 Å². The first-order valence-electron chi connectivity index (χ1n) is 9.53. The third-order valence-electron chi connectivity index (χ3n) is 6.09. The molecule has 7 nitrogen and oxygen atoms in total. The van der Waals surface area contributed by atoms with Crippen LogP contribution < -0.4 is 10.2 Å². The maximum Gasteiger partial charge on any atom is 0.433 e. The average Bonchev–Trinajstić information content (AvgIpc) is 3.41. The minimum absolute atomic E-state index is 0.0368. The van der Waals surface area contributed by atoms with Crippen LogP contribution in [0.1, 0.15) is 36.9 Å². The standard InChI is InChI=1S/C19H19F3N6O/c20-19(21,22)16-5-11(8-23)6-17(26-16)27-4-3-12(9-27)18(29)25-14-7-13-1-2-15(14)28(13)10-24/h5-6,12-15H,1-4,7,9H2,(H,25,29)/t12-,13-,14+,15+/m0/s1. The summed E-state index contributed by atoms with van der Waals surface area (Å²) in [6.07, 6.45) is 0.645. The van der Waals surface area contributed by atoms with Crippen molar-refractivity contribution in [3.8, 4) is 12.3 Å². The third-order valence-corrected chi connectivity index (χ3v) is 6.09. The molecule has 0 aromatic carbocycles. The number of pyridine rings is 1. The molecule has 3 aliphatic heterocycles. The van der Waals surface area contributed by atoms with Gasteiger partial charge in [0.1, 0.15) is 11.5 Å². The summed E-state index contributed by atoms with van der Waals surface area (Å²) in [5, 5.41) is 21.3. The second-order valence-corrected chi connectivity index (χ2v) is 7.80. The summed E-state index contributed by atoms with van der Waals surface area (Å²) in [5.41, 5.74) is -1.23. The first-order chi connectivity index (χ1) is 13.8. The zero-order chi connectivity index (χ0) is 20.8. The van der Waals surface area contributed by atoms with E-state index in [9.17, 15) is 23.2 Å². The number of amides is 1. The number of fused-ring (bicyclic) bond motifs is 2. The van der Waals surface area contributed by atoms with Crippen molar-refractivity contribution in [1.82, 2.24) is 15.2 Å². The SMILES string of the molecule is N#Cc1cc(N2CC[C@H](C(=O)N[C@@H]3C[C@@H]4CC[C@H]3N4C#N)C2)nc(C(F)(F)F)c1. The van der Waals surface area contributed by atoms with Gasteiger partial charge >= 0.3 is 6.18 Å². The topological polar surface area (TPSA) is 96.0 Å². The van der Waals surface area contributed by atoms with Crippen LogP contribution in [0.5, 0.6) is 0 Å². The molecule has 0 unspecified atom stereocenters. The number of hydrogen-bond acceptors (Lipinski definition) is 6. The number of hydrogen-bond donors (Lipinski definition) is 1. The summed E-state index contributed by atoms with van der Waals surface area (Å²) in [7, 11) is 0. The fraction of sp³-hybridized carbons (Fsp3) is 0.579. The minimum Gasteiger partial charge on any atom is -0.356 e. The Morgan fingerprint density at radius 1 is 1.24 bits per heavy atom. The zero-order valence-electron chi connectivity index (χ0n) is 15.5. The normalized spacial score (nSPS) is 28.3. The smallest absolute Gasteiger partial charge is 0.356 e. The highest BCUT2D eigenvalue weighted by molar-refractivity contribution is 5.80. The summed E-state index contributed by atoms with van der Waals surface area (Å²) < 4.78 is 39.2. The van der Waals surface area contributed by atoms with Gasteiger partial charge in [-0.25, -0.2) is 4.98 Å². The van der Waals surface area contributed by atoms with Crippen molar-refractivity contribution >= 4 is 11.7 Å². The Balaban J connectivity index is 1.43. The number of nitrogens with one attached hydrogen (secondary N) is 1. The predicted molar refractivity (Wildman–Crippen MR) is 95.1 cm³/mol. The highest BCUT2D eigenvalue weighted by Crippen LogP contribution is 2.37. The fourth-order valence-corrected chi connectivity index (χ4v) is 4.67. The van der Waals surface area contributed by atoms with Crippen molar-refractivity contribution in [2.24, 2.45) is 5.92 Å².